The average molecular weight is 352 g/mol. The molecular weight excluding hydrogens is 345 g/mol. The molecule has 7 heteroatoms. The summed E-state index contributed by atoms with van der Waals surface area (Å²) < 4.78 is 31.4. The van der Waals surface area contributed by atoms with E-state index in [1.807, 2.05) is 0 Å². The molecule has 0 amide bonds. The van der Waals surface area contributed by atoms with Gasteiger partial charge < -0.3 is 4.74 Å². The predicted octanol–water partition coefficient (Wildman–Crippen LogP) is 5.19. The number of halogens is 5. The van der Waals surface area contributed by atoms with Crippen molar-refractivity contribution in [3.63, 3.8) is 0 Å². The fraction of sp³-hybridized carbons (Fsp3) is 0.0714. The first-order chi connectivity index (χ1) is 9.88. The zero-order chi connectivity index (χ0) is 15.6. The van der Waals surface area contributed by atoms with Crippen LogP contribution in [0.5, 0.6) is 5.75 Å². The molecule has 2 aromatic rings. The van der Waals surface area contributed by atoms with Gasteiger partial charge >= 0.3 is 0 Å². The van der Waals surface area contributed by atoms with Crippen LogP contribution in [0.1, 0.15) is 10.4 Å². The second-order valence-corrected chi connectivity index (χ2v) is 5.25. The Balaban J connectivity index is 2.13. The SMILES string of the molecule is O=C(COc1cc(Cl)c(Cl)cc1Cl)c1ccc(F)cc1F. The van der Waals surface area contributed by atoms with Gasteiger partial charge in [0.25, 0.3) is 0 Å². The summed E-state index contributed by atoms with van der Waals surface area (Å²) in [5.74, 6) is -2.24. The van der Waals surface area contributed by atoms with Gasteiger partial charge in [-0.25, -0.2) is 8.78 Å². The van der Waals surface area contributed by atoms with Crippen molar-refractivity contribution in [1.82, 2.24) is 0 Å². The van der Waals surface area contributed by atoms with E-state index in [-0.39, 0.29) is 26.4 Å². The Hall–Kier alpha value is -1.36. The van der Waals surface area contributed by atoms with Gasteiger partial charge in [-0.3, -0.25) is 4.79 Å². The largest absolute Gasteiger partial charge is 0.484 e. The van der Waals surface area contributed by atoms with Gasteiger partial charge in [-0.05, 0) is 18.2 Å². The summed E-state index contributed by atoms with van der Waals surface area (Å²) in [6, 6.07) is 5.37. The molecule has 110 valence electrons. The summed E-state index contributed by atoms with van der Waals surface area (Å²) in [5, 5.41) is 0.609. The number of carbonyl (C=O) groups excluding carboxylic acids is 1. The molecule has 0 N–H and O–H groups in total. The van der Waals surface area contributed by atoms with Crippen LogP contribution in [0.2, 0.25) is 15.1 Å². The van der Waals surface area contributed by atoms with Crippen LogP contribution in [-0.4, -0.2) is 12.4 Å². The number of hydrogen-bond donors (Lipinski definition) is 0. The standard InChI is InChI=1S/C14H7Cl3F2O2/c15-9-4-11(17)14(5-10(9)16)21-6-13(20)8-2-1-7(18)3-12(8)19/h1-5H,6H2. The zero-order valence-electron chi connectivity index (χ0n) is 10.3. The number of ether oxygens (including phenoxy) is 1. The molecule has 0 radical (unpaired) electrons. The van der Waals surface area contributed by atoms with E-state index in [9.17, 15) is 13.6 Å². The topological polar surface area (TPSA) is 26.3 Å². The lowest BCUT2D eigenvalue weighted by Crippen LogP contribution is -2.13. The van der Waals surface area contributed by atoms with E-state index >= 15 is 0 Å². The van der Waals surface area contributed by atoms with Crippen LogP contribution >= 0.6 is 34.8 Å². The Labute approximate surface area is 134 Å². The van der Waals surface area contributed by atoms with Crippen LogP contribution in [-0.2, 0) is 0 Å². The Morgan fingerprint density at radius 3 is 2.33 bits per heavy atom. The van der Waals surface area contributed by atoms with Crippen molar-refractivity contribution in [1.29, 1.82) is 0 Å². The molecule has 2 nitrogen and oxygen atoms in total. The molecule has 0 heterocycles. The highest BCUT2D eigenvalue weighted by atomic mass is 35.5. The van der Waals surface area contributed by atoms with E-state index in [0.29, 0.717) is 6.07 Å². The van der Waals surface area contributed by atoms with Crippen molar-refractivity contribution >= 4 is 40.6 Å². The Morgan fingerprint density at radius 1 is 1.00 bits per heavy atom. The van der Waals surface area contributed by atoms with Crippen LogP contribution in [0.15, 0.2) is 30.3 Å². The minimum atomic E-state index is -0.955. The molecule has 2 rings (SSSR count). The van der Waals surface area contributed by atoms with Crippen LogP contribution in [0.3, 0.4) is 0 Å². The molecule has 0 aliphatic heterocycles. The molecule has 0 aliphatic rings. The first-order valence-electron chi connectivity index (χ1n) is 5.64. The third-order valence-corrected chi connectivity index (χ3v) is 3.58. The van der Waals surface area contributed by atoms with Crippen LogP contribution in [0.4, 0.5) is 8.78 Å². The fourth-order valence-electron chi connectivity index (χ4n) is 1.55. The second kappa shape index (κ2) is 6.60. The summed E-state index contributed by atoms with van der Waals surface area (Å²) in [7, 11) is 0. The number of ketones is 1. The smallest absolute Gasteiger partial charge is 0.203 e. The van der Waals surface area contributed by atoms with Crippen molar-refractivity contribution in [2.24, 2.45) is 0 Å². The van der Waals surface area contributed by atoms with Crippen LogP contribution < -0.4 is 4.74 Å². The van der Waals surface area contributed by atoms with Crippen molar-refractivity contribution in [2.75, 3.05) is 6.61 Å². The molecular formula is C14H7Cl3F2O2. The highest BCUT2D eigenvalue weighted by Crippen LogP contribution is 2.33. The number of rotatable bonds is 4. The van der Waals surface area contributed by atoms with Gasteiger partial charge in [0.2, 0.25) is 5.78 Å². The molecule has 0 fully saturated rings. The van der Waals surface area contributed by atoms with E-state index in [1.54, 1.807) is 0 Å². The molecule has 0 unspecified atom stereocenters. The second-order valence-electron chi connectivity index (χ2n) is 4.03. The maximum absolute atomic E-state index is 13.4. The van der Waals surface area contributed by atoms with Gasteiger partial charge in [0.1, 0.15) is 17.4 Å². The van der Waals surface area contributed by atoms with Crippen molar-refractivity contribution in [3.05, 3.63) is 62.6 Å². The molecule has 0 atom stereocenters. The number of hydrogen-bond acceptors (Lipinski definition) is 2. The Morgan fingerprint density at radius 2 is 1.67 bits per heavy atom. The minimum absolute atomic E-state index is 0.141. The quantitative estimate of drug-likeness (QED) is 0.560. The molecule has 0 saturated heterocycles. The van der Waals surface area contributed by atoms with Crippen LogP contribution in [0, 0.1) is 11.6 Å². The normalized spacial score (nSPS) is 10.5. The molecule has 0 saturated carbocycles. The van der Waals surface area contributed by atoms with Gasteiger partial charge in [0.05, 0.1) is 20.6 Å². The minimum Gasteiger partial charge on any atom is -0.484 e. The maximum atomic E-state index is 13.4. The van der Waals surface area contributed by atoms with Crippen molar-refractivity contribution in [3.8, 4) is 5.75 Å². The zero-order valence-corrected chi connectivity index (χ0v) is 12.6. The van der Waals surface area contributed by atoms with E-state index in [4.69, 9.17) is 39.5 Å². The summed E-state index contributed by atoms with van der Waals surface area (Å²) in [6.07, 6.45) is 0. The molecule has 0 spiro atoms. The molecule has 0 aromatic heterocycles. The Bertz CT molecular complexity index is 705. The number of carbonyl (C=O) groups is 1. The van der Waals surface area contributed by atoms with Gasteiger partial charge in [-0.1, -0.05) is 34.8 Å². The lowest BCUT2D eigenvalue weighted by atomic mass is 10.1. The van der Waals surface area contributed by atoms with Crippen molar-refractivity contribution < 1.29 is 18.3 Å². The Kier molecular flexibility index (Phi) is 5.04. The number of Topliss-reactive ketones (excluding diaryl/α,β-unsaturated/α-hetero) is 1. The maximum Gasteiger partial charge on any atom is 0.203 e. The highest BCUT2D eigenvalue weighted by molar-refractivity contribution is 6.43. The van der Waals surface area contributed by atoms with E-state index < -0.39 is 24.0 Å². The summed E-state index contributed by atoms with van der Waals surface area (Å²) >= 11 is 17.4. The molecule has 21 heavy (non-hydrogen) atoms. The molecule has 2 aromatic carbocycles. The summed E-state index contributed by atoms with van der Waals surface area (Å²) in [6.45, 7) is -0.472. The number of benzene rings is 2. The first kappa shape index (κ1) is 16.0. The summed E-state index contributed by atoms with van der Waals surface area (Å²) in [4.78, 5) is 11.8. The monoisotopic (exact) mass is 350 g/mol. The van der Waals surface area contributed by atoms with Gasteiger partial charge in [0.15, 0.2) is 6.61 Å². The van der Waals surface area contributed by atoms with E-state index in [0.717, 1.165) is 12.1 Å². The van der Waals surface area contributed by atoms with Crippen molar-refractivity contribution in [2.45, 2.75) is 0 Å². The summed E-state index contributed by atoms with van der Waals surface area (Å²) in [5.41, 5.74) is -0.271. The van der Waals surface area contributed by atoms with Gasteiger partial charge in [-0.15, -0.1) is 0 Å². The van der Waals surface area contributed by atoms with E-state index in [1.165, 1.54) is 12.1 Å². The first-order valence-corrected chi connectivity index (χ1v) is 6.77. The lowest BCUT2D eigenvalue weighted by molar-refractivity contribution is 0.0917. The molecule has 0 aliphatic carbocycles. The average Bonchev–Trinajstić information content (AvgIpc) is 2.41. The van der Waals surface area contributed by atoms with E-state index in [2.05, 4.69) is 0 Å². The highest BCUT2D eigenvalue weighted by Gasteiger charge is 2.15. The third-order valence-electron chi connectivity index (χ3n) is 2.57. The van der Waals surface area contributed by atoms with Crippen LogP contribution in [0.25, 0.3) is 0 Å². The predicted molar refractivity (Wildman–Crippen MR) is 77.7 cm³/mol. The third kappa shape index (κ3) is 3.84. The van der Waals surface area contributed by atoms with Gasteiger partial charge in [0, 0.05) is 12.1 Å². The lowest BCUT2D eigenvalue weighted by Gasteiger charge is -2.09. The fourth-order valence-corrected chi connectivity index (χ4v) is 2.14. The van der Waals surface area contributed by atoms with Gasteiger partial charge in [-0.2, -0.15) is 0 Å². The molecule has 0 bridgehead atoms.